The molecule has 0 saturated carbocycles. The van der Waals surface area contributed by atoms with Crippen LogP contribution in [-0.2, 0) is 19.5 Å². The first kappa shape index (κ1) is 17.7. The van der Waals surface area contributed by atoms with Crippen molar-refractivity contribution < 1.29 is 8.91 Å². The van der Waals surface area contributed by atoms with E-state index >= 15 is 0 Å². The van der Waals surface area contributed by atoms with Gasteiger partial charge < -0.3 is 4.52 Å². The second-order valence-corrected chi connectivity index (χ2v) is 7.18. The maximum absolute atomic E-state index is 13.1. The molecule has 4 aromatic rings. The SMILES string of the molecule is Fc1ccc(-c2cc(CN3CCc4nc(-c5ccccc5)ncc4C3)no2)cc1. The average Bonchev–Trinajstić information content (AvgIpc) is 3.23. The van der Waals surface area contributed by atoms with E-state index in [9.17, 15) is 4.39 Å². The van der Waals surface area contributed by atoms with Gasteiger partial charge >= 0.3 is 0 Å². The number of rotatable bonds is 4. The van der Waals surface area contributed by atoms with Gasteiger partial charge in [-0.25, -0.2) is 14.4 Å². The van der Waals surface area contributed by atoms with Gasteiger partial charge in [-0.3, -0.25) is 4.90 Å². The molecular weight excluding hydrogens is 367 g/mol. The van der Waals surface area contributed by atoms with E-state index in [4.69, 9.17) is 9.51 Å². The van der Waals surface area contributed by atoms with Crippen LogP contribution in [0.3, 0.4) is 0 Å². The summed E-state index contributed by atoms with van der Waals surface area (Å²) in [4.78, 5) is 11.6. The lowest BCUT2D eigenvalue weighted by atomic mass is 10.1. The van der Waals surface area contributed by atoms with Crippen LogP contribution in [0.2, 0.25) is 0 Å². The quantitative estimate of drug-likeness (QED) is 0.517. The second kappa shape index (κ2) is 7.56. The monoisotopic (exact) mass is 386 g/mol. The fraction of sp³-hybridized carbons (Fsp3) is 0.174. The Labute approximate surface area is 167 Å². The molecule has 0 spiro atoms. The smallest absolute Gasteiger partial charge is 0.167 e. The summed E-state index contributed by atoms with van der Waals surface area (Å²) in [6, 6.07) is 18.2. The van der Waals surface area contributed by atoms with Gasteiger partial charge in [0.25, 0.3) is 0 Å². The number of hydrogen-bond donors (Lipinski definition) is 0. The van der Waals surface area contributed by atoms with Crippen molar-refractivity contribution in [2.45, 2.75) is 19.5 Å². The molecule has 1 aliphatic rings. The third-order valence-corrected chi connectivity index (χ3v) is 5.12. The Hall–Kier alpha value is -3.38. The van der Waals surface area contributed by atoms with E-state index in [1.54, 1.807) is 12.1 Å². The predicted octanol–water partition coefficient (Wildman–Crippen LogP) is 4.50. The van der Waals surface area contributed by atoms with E-state index in [1.165, 1.54) is 12.1 Å². The highest BCUT2D eigenvalue weighted by Gasteiger charge is 2.20. The molecule has 0 radical (unpaired) electrons. The topological polar surface area (TPSA) is 55.1 Å². The number of nitrogens with zero attached hydrogens (tertiary/aromatic N) is 4. The second-order valence-electron chi connectivity index (χ2n) is 7.18. The Bertz CT molecular complexity index is 1130. The molecule has 0 N–H and O–H groups in total. The highest BCUT2D eigenvalue weighted by Crippen LogP contribution is 2.24. The highest BCUT2D eigenvalue weighted by molar-refractivity contribution is 5.57. The first-order valence-electron chi connectivity index (χ1n) is 9.59. The van der Waals surface area contributed by atoms with Gasteiger partial charge in [0, 0.05) is 55.0 Å². The third kappa shape index (κ3) is 3.79. The van der Waals surface area contributed by atoms with Crippen molar-refractivity contribution in [1.82, 2.24) is 20.0 Å². The van der Waals surface area contributed by atoms with Gasteiger partial charge in [-0.15, -0.1) is 0 Å². The normalized spacial score (nSPS) is 14.0. The summed E-state index contributed by atoms with van der Waals surface area (Å²) in [5, 5.41) is 4.18. The molecule has 1 aliphatic heterocycles. The van der Waals surface area contributed by atoms with Crippen LogP contribution in [0.15, 0.2) is 71.4 Å². The molecule has 6 heteroatoms. The van der Waals surface area contributed by atoms with E-state index < -0.39 is 0 Å². The van der Waals surface area contributed by atoms with Crippen LogP contribution in [0, 0.1) is 5.82 Å². The van der Waals surface area contributed by atoms with Crippen LogP contribution in [0.1, 0.15) is 17.0 Å². The zero-order chi connectivity index (χ0) is 19.6. The van der Waals surface area contributed by atoms with Gasteiger partial charge in [0.1, 0.15) is 5.82 Å². The van der Waals surface area contributed by atoms with Crippen molar-refractivity contribution in [2.24, 2.45) is 0 Å². The summed E-state index contributed by atoms with van der Waals surface area (Å²) in [5.74, 6) is 1.16. The van der Waals surface area contributed by atoms with Crippen LogP contribution in [0.25, 0.3) is 22.7 Å². The van der Waals surface area contributed by atoms with Crippen LogP contribution in [-0.4, -0.2) is 26.6 Å². The Morgan fingerprint density at radius 2 is 1.83 bits per heavy atom. The average molecular weight is 386 g/mol. The molecule has 0 fully saturated rings. The minimum absolute atomic E-state index is 0.266. The number of fused-ring (bicyclic) bond motifs is 1. The van der Waals surface area contributed by atoms with Gasteiger partial charge in [-0.2, -0.15) is 0 Å². The predicted molar refractivity (Wildman–Crippen MR) is 107 cm³/mol. The number of benzene rings is 2. The molecule has 144 valence electrons. The Morgan fingerprint density at radius 3 is 2.66 bits per heavy atom. The summed E-state index contributed by atoms with van der Waals surface area (Å²) in [5.41, 5.74) is 4.97. The zero-order valence-electron chi connectivity index (χ0n) is 15.8. The van der Waals surface area contributed by atoms with Crippen molar-refractivity contribution in [3.05, 3.63) is 89.6 Å². The van der Waals surface area contributed by atoms with E-state index in [0.29, 0.717) is 12.3 Å². The van der Waals surface area contributed by atoms with Crippen molar-refractivity contribution in [1.29, 1.82) is 0 Å². The Morgan fingerprint density at radius 1 is 1.00 bits per heavy atom. The molecule has 2 aromatic carbocycles. The van der Waals surface area contributed by atoms with Crippen LogP contribution in [0.4, 0.5) is 4.39 Å². The third-order valence-electron chi connectivity index (χ3n) is 5.12. The lowest BCUT2D eigenvalue weighted by Crippen LogP contribution is -2.31. The molecule has 5 rings (SSSR count). The van der Waals surface area contributed by atoms with Crippen LogP contribution < -0.4 is 0 Å². The van der Waals surface area contributed by atoms with E-state index in [2.05, 4.69) is 15.0 Å². The van der Waals surface area contributed by atoms with E-state index in [1.807, 2.05) is 42.6 Å². The van der Waals surface area contributed by atoms with E-state index in [-0.39, 0.29) is 5.82 Å². The van der Waals surface area contributed by atoms with Crippen molar-refractivity contribution >= 4 is 0 Å². The zero-order valence-corrected chi connectivity index (χ0v) is 15.8. The molecule has 0 amide bonds. The summed E-state index contributed by atoms with van der Waals surface area (Å²) < 4.78 is 18.5. The molecule has 0 aliphatic carbocycles. The van der Waals surface area contributed by atoms with Crippen molar-refractivity contribution in [3.8, 4) is 22.7 Å². The van der Waals surface area contributed by atoms with Crippen molar-refractivity contribution in [2.75, 3.05) is 6.54 Å². The van der Waals surface area contributed by atoms with Crippen LogP contribution >= 0.6 is 0 Å². The van der Waals surface area contributed by atoms with Crippen LogP contribution in [0.5, 0.6) is 0 Å². The molecule has 0 saturated heterocycles. The molecule has 0 unspecified atom stereocenters. The summed E-state index contributed by atoms with van der Waals surface area (Å²) >= 11 is 0. The lowest BCUT2D eigenvalue weighted by Gasteiger charge is -2.27. The first-order chi connectivity index (χ1) is 14.2. The maximum atomic E-state index is 13.1. The standard InChI is InChI=1S/C23H19FN4O/c24-19-8-6-16(7-9-19)22-12-20(27-29-22)15-28-11-10-21-18(14-28)13-25-23(26-21)17-4-2-1-3-5-17/h1-9,12-13H,10-11,14-15H2. The van der Waals surface area contributed by atoms with E-state index in [0.717, 1.165) is 53.4 Å². The molecule has 0 atom stereocenters. The first-order valence-corrected chi connectivity index (χ1v) is 9.59. The Kier molecular flexibility index (Phi) is 4.62. The maximum Gasteiger partial charge on any atom is 0.167 e. The Balaban J connectivity index is 1.29. The number of aromatic nitrogens is 3. The van der Waals surface area contributed by atoms with Gasteiger partial charge in [0.15, 0.2) is 11.6 Å². The fourth-order valence-corrected chi connectivity index (χ4v) is 3.60. The summed E-state index contributed by atoms with van der Waals surface area (Å²) in [7, 11) is 0. The molecule has 0 bridgehead atoms. The van der Waals surface area contributed by atoms with Crippen molar-refractivity contribution in [3.63, 3.8) is 0 Å². The van der Waals surface area contributed by atoms with Gasteiger partial charge in [0.05, 0.1) is 11.4 Å². The van der Waals surface area contributed by atoms with Gasteiger partial charge in [-0.1, -0.05) is 35.5 Å². The van der Waals surface area contributed by atoms with Gasteiger partial charge in [-0.05, 0) is 24.3 Å². The molecular formula is C23H19FN4O. The number of halogens is 1. The van der Waals surface area contributed by atoms with Gasteiger partial charge in [0.2, 0.25) is 0 Å². The molecule has 29 heavy (non-hydrogen) atoms. The molecule has 5 nitrogen and oxygen atoms in total. The summed E-state index contributed by atoms with van der Waals surface area (Å²) in [6.45, 7) is 2.37. The summed E-state index contributed by atoms with van der Waals surface area (Å²) in [6.07, 6.45) is 2.81. The number of hydrogen-bond acceptors (Lipinski definition) is 5. The highest BCUT2D eigenvalue weighted by atomic mass is 19.1. The lowest BCUT2D eigenvalue weighted by molar-refractivity contribution is 0.235. The molecule has 2 aromatic heterocycles. The minimum atomic E-state index is -0.266. The minimum Gasteiger partial charge on any atom is -0.356 e. The largest absolute Gasteiger partial charge is 0.356 e. The fourth-order valence-electron chi connectivity index (χ4n) is 3.60. The molecule has 3 heterocycles.